The molecule has 2 N–H and O–H groups in total. The number of carbonyl (C=O) groups excluding carboxylic acids is 2. The molecule has 0 radical (unpaired) electrons. The second-order valence-corrected chi connectivity index (χ2v) is 7.38. The summed E-state index contributed by atoms with van der Waals surface area (Å²) in [5.74, 6) is 0.0512. The van der Waals surface area contributed by atoms with Gasteiger partial charge in [0.05, 0.1) is 5.56 Å². The van der Waals surface area contributed by atoms with E-state index in [1.54, 1.807) is 36.9 Å². The minimum Gasteiger partial charge on any atom is -0.352 e. The number of likely N-dealkylation sites (N-methyl/N-ethyl adjacent to an activating group) is 1. The van der Waals surface area contributed by atoms with Crippen LogP contribution >= 0.6 is 0 Å². The van der Waals surface area contributed by atoms with E-state index in [1.165, 1.54) is 0 Å². The largest absolute Gasteiger partial charge is 0.352 e. The number of likely N-dealkylation sites (tertiary alicyclic amines) is 1. The third-order valence-electron chi connectivity index (χ3n) is 5.54. The van der Waals surface area contributed by atoms with Crippen molar-refractivity contribution in [1.29, 1.82) is 0 Å². The SMILES string of the molecule is CC(=O)N1CCC[C@@H](N(C)c2nc(-c3c[nH]c(C)n3)c3c(c2F)CNC3=O)C1. The number of rotatable bonds is 3. The molecule has 4 heterocycles. The number of nitrogens with zero attached hydrogens (tertiary/aromatic N) is 4. The Balaban J connectivity index is 1.77. The van der Waals surface area contributed by atoms with Crippen molar-refractivity contribution >= 4 is 17.6 Å². The Morgan fingerprint density at radius 1 is 1.39 bits per heavy atom. The Labute approximate surface area is 162 Å². The van der Waals surface area contributed by atoms with Gasteiger partial charge in [-0.05, 0) is 19.8 Å². The lowest BCUT2D eigenvalue weighted by Gasteiger charge is -2.38. The first-order chi connectivity index (χ1) is 13.4. The number of aromatic nitrogens is 3. The molecule has 2 aromatic heterocycles. The van der Waals surface area contributed by atoms with Crippen LogP contribution in [0.15, 0.2) is 6.20 Å². The quantitative estimate of drug-likeness (QED) is 0.836. The van der Waals surface area contributed by atoms with Crippen LogP contribution in [0.4, 0.5) is 10.2 Å². The molecule has 2 aliphatic heterocycles. The van der Waals surface area contributed by atoms with Crippen LogP contribution in [0.25, 0.3) is 11.4 Å². The number of hydrogen-bond donors (Lipinski definition) is 2. The predicted octanol–water partition coefficient (Wildman–Crippen LogP) is 1.61. The van der Waals surface area contributed by atoms with Gasteiger partial charge >= 0.3 is 0 Å². The van der Waals surface area contributed by atoms with Crippen LogP contribution in [-0.2, 0) is 11.3 Å². The zero-order chi connectivity index (χ0) is 20.0. The summed E-state index contributed by atoms with van der Waals surface area (Å²) in [5, 5.41) is 2.68. The fourth-order valence-electron chi connectivity index (χ4n) is 3.95. The van der Waals surface area contributed by atoms with E-state index in [-0.39, 0.29) is 35.8 Å². The van der Waals surface area contributed by atoms with Crippen molar-refractivity contribution in [2.24, 2.45) is 0 Å². The normalized spacial score (nSPS) is 18.8. The summed E-state index contributed by atoms with van der Waals surface area (Å²) in [4.78, 5) is 39.5. The third-order valence-corrected chi connectivity index (χ3v) is 5.54. The fraction of sp³-hybridized carbons (Fsp3) is 0.474. The second-order valence-electron chi connectivity index (χ2n) is 7.38. The van der Waals surface area contributed by atoms with Gasteiger partial charge in [-0.2, -0.15) is 0 Å². The molecular weight excluding hydrogens is 363 g/mol. The van der Waals surface area contributed by atoms with Gasteiger partial charge in [-0.25, -0.2) is 14.4 Å². The summed E-state index contributed by atoms with van der Waals surface area (Å²) in [5.41, 5.74) is 1.44. The Morgan fingerprint density at radius 3 is 2.86 bits per heavy atom. The summed E-state index contributed by atoms with van der Waals surface area (Å²) in [7, 11) is 1.79. The number of piperidine rings is 1. The first-order valence-electron chi connectivity index (χ1n) is 9.38. The lowest BCUT2D eigenvalue weighted by molar-refractivity contribution is -0.129. The zero-order valence-corrected chi connectivity index (χ0v) is 16.2. The maximum Gasteiger partial charge on any atom is 0.254 e. The highest BCUT2D eigenvalue weighted by atomic mass is 19.1. The minimum absolute atomic E-state index is 0.0166. The van der Waals surface area contributed by atoms with Crippen LogP contribution in [0.1, 0.15) is 41.5 Å². The number of fused-ring (bicyclic) bond motifs is 1. The first kappa shape index (κ1) is 18.4. The van der Waals surface area contributed by atoms with Crippen LogP contribution in [0.5, 0.6) is 0 Å². The Morgan fingerprint density at radius 2 is 2.18 bits per heavy atom. The number of halogens is 1. The van der Waals surface area contributed by atoms with Gasteiger partial charge in [-0.3, -0.25) is 9.59 Å². The van der Waals surface area contributed by atoms with Crippen molar-refractivity contribution in [2.45, 2.75) is 39.3 Å². The van der Waals surface area contributed by atoms with Gasteiger partial charge < -0.3 is 20.1 Å². The average molecular weight is 386 g/mol. The van der Waals surface area contributed by atoms with Crippen LogP contribution in [0, 0.1) is 12.7 Å². The van der Waals surface area contributed by atoms with Crippen LogP contribution in [-0.4, -0.2) is 57.8 Å². The van der Waals surface area contributed by atoms with Gasteiger partial charge in [-0.15, -0.1) is 0 Å². The van der Waals surface area contributed by atoms with E-state index >= 15 is 4.39 Å². The van der Waals surface area contributed by atoms with E-state index in [0.717, 1.165) is 19.4 Å². The molecule has 2 aliphatic rings. The summed E-state index contributed by atoms with van der Waals surface area (Å²) in [6, 6.07) is -0.0449. The third kappa shape index (κ3) is 3.00. The standard InChI is InChI=1S/C19H23FN6O2/c1-10-21-8-14(23-10)17-15-13(7-22-19(15)28)16(20)18(24-17)25(3)12-5-4-6-26(9-12)11(2)27/h8,12H,4-7,9H2,1-3H3,(H,21,23)(H,22,28)/t12-/m1/s1. The summed E-state index contributed by atoms with van der Waals surface area (Å²) in [6.45, 7) is 4.72. The van der Waals surface area contributed by atoms with Gasteiger partial charge in [0.2, 0.25) is 5.91 Å². The van der Waals surface area contributed by atoms with Gasteiger partial charge in [0.15, 0.2) is 11.6 Å². The number of imidazole rings is 1. The molecule has 28 heavy (non-hydrogen) atoms. The molecule has 8 nitrogen and oxygen atoms in total. The highest BCUT2D eigenvalue weighted by Crippen LogP contribution is 2.34. The molecule has 0 aromatic carbocycles. The van der Waals surface area contributed by atoms with Gasteiger partial charge in [0.25, 0.3) is 5.91 Å². The zero-order valence-electron chi connectivity index (χ0n) is 16.2. The van der Waals surface area contributed by atoms with Gasteiger partial charge in [-0.1, -0.05) is 0 Å². The molecule has 0 saturated carbocycles. The summed E-state index contributed by atoms with van der Waals surface area (Å²) in [6.07, 6.45) is 3.36. The average Bonchev–Trinajstić information content (AvgIpc) is 3.28. The van der Waals surface area contributed by atoms with E-state index in [0.29, 0.717) is 29.3 Å². The fourth-order valence-corrected chi connectivity index (χ4v) is 3.95. The monoisotopic (exact) mass is 386 g/mol. The van der Waals surface area contributed by atoms with Crippen molar-refractivity contribution < 1.29 is 14.0 Å². The number of anilines is 1. The lowest BCUT2D eigenvalue weighted by atomic mass is 10.0. The molecule has 9 heteroatoms. The second kappa shape index (κ2) is 6.88. The Hall–Kier alpha value is -2.97. The number of H-pyrrole nitrogens is 1. The Bertz CT molecular complexity index is 956. The van der Waals surface area contributed by atoms with Crippen molar-refractivity contribution in [1.82, 2.24) is 25.2 Å². The molecule has 0 unspecified atom stereocenters. The highest BCUT2D eigenvalue weighted by Gasteiger charge is 2.34. The Kier molecular flexibility index (Phi) is 4.52. The maximum atomic E-state index is 15.3. The predicted molar refractivity (Wildman–Crippen MR) is 101 cm³/mol. The first-order valence-corrected chi connectivity index (χ1v) is 9.38. The molecule has 0 spiro atoms. The number of hydrogen-bond acceptors (Lipinski definition) is 5. The molecule has 148 valence electrons. The molecule has 1 saturated heterocycles. The van der Waals surface area contributed by atoms with E-state index in [2.05, 4.69) is 20.3 Å². The minimum atomic E-state index is -0.494. The van der Waals surface area contributed by atoms with Gasteiger partial charge in [0, 0.05) is 51.4 Å². The van der Waals surface area contributed by atoms with Crippen molar-refractivity contribution in [3.8, 4) is 11.4 Å². The number of amides is 2. The maximum absolute atomic E-state index is 15.3. The molecular formula is C19H23FN6O2. The molecule has 4 rings (SSSR count). The van der Waals surface area contributed by atoms with Crippen molar-refractivity contribution in [3.05, 3.63) is 29.0 Å². The molecule has 2 amide bonds. The number of pyridine rings is 1. The molecule has 1 atom stereocenters. The smallest absolute Gasteiger partial charge is 0.254 e. The lowest BCUT2D eigenvalue weighted by Crippen LogP contribution is -2.48. The number of nitrogens with one attached hydrogen (secondary N) is 2. The van der Waals surface area contributed by atoms with Gasteiger partial charge in [0.1, 0.15) is 17.2 Å². The topological polar surface area (TPSA) is 94.2 Å². The van der Waals surface area contributed by atoms with Crippen LogP contribution < -0.4 is 10.2 Å². The summed E-state index contributed by atoms with van der Waals surface area (Å²) >= 11 is 0. The van der Waals surface area contributed by atoms with E-state index < -0.39 is 5.82 Å². The number of aryl methyl sites for hydroxylation is 1. The van der Waals surface area contributed by atoms with E-state index in [9.17, 15) is 9.59 Å². The number of carbonyl (C=O) groups is 2. The van der Waals surface area contributed by atoms with E-state index in [1.807, 2.05) is 0 Å². The molecule has 0 aliphatic carbocycles. The molecule has 0 bridgehead atoms. The van der Waals surface area contributed by atoms with Crippen LogP contribution in [0.2, 0.25) is 0 Å². The van der Waals surface area contributed by atoms with Crippen molar-refractivity contribution in [2.75, 3.05) is 25.0 Å². The van der Waals surface area contributed by atoms with Crippen LogP contribution in [0.3, 0.4) is 0 Å². The highest BCUT2D eigenvalue weighted by molar-refractivity contribution is 6.03. The molecule has 2 aromatic rings. The molecule has 1 fully saturated rings. The summed E-state index contributed by atoms with van der Waals surface area (Å²) < 4.78 is 15.3. The number of aromatic amines is 1. The van der Waals surface area contributed by atoms with E-state index in [4.69, 9.17) is 0 Å². The van der Waals surface area contributed by atoms with Crippen molar-refractivity contribution in [3.63, 3.8) is 0 Å².